The number of hydrogen-bond acceptors (Lipinski definition) is 4. The van der Waals surface area contributed by atoms with Gasteiger partial charge in [-0.3, -0.25) is 9.89 Å². The third-order valence-electron chi connectivity index (χ3n) is 4.58. The molecule has 6 heteroatoms. The second-order valence-electron chi connectivity index (χ2n) is 7.21. The molecule has 1 unspecified atom stereocenters. The molecule has 1 aliphatic rings. The maximum atomic E-state index is 5.95. The molecule has 1 heterocycles. The van der Waals surface area contributed by atoms with Crippen LogP contribution in [0.4, 0.5) is 0 Å². The minimum Gasteiger partial charge on any atom is -0.497 e. The van der Waals surface area contributed by atoms with Gasteiger partial charge in [0.25, 0.3) is 0 Å². The molecule has 1 aliphatic heterocycles. The summed E-state index contributed by atoms with van der Waals surface area (Å²) < 4.78 is 11.2. The van der Waals surface area contributed by atoms with E-state index in [1.54, 1.807) is 14.2 Å². The Morgan fingerprint density at radius 2 is 2.04 bits per heavy atom. The average Bonchev–Trinajstić information content (AvgIpc) is 2.66. The van der Waals surface area contributed by atoms with Crippen molar-refractivity contribution in [3.05, 3.63) is 36.4 Å². The lowest BCUT2D eigenvalue weighted by molar-refractivity contribution is 0.216. The van der Waals surface area contributed by atoms with Crippen molar-refractivity contribution in [2.24, 2.45) is 4.99 Å². The monoisotopic (exact) mass is 374 g/mol. The van der Waals surface area contributed by atoms with Crippen molar-refractivity contribution < 1.29 is 9.47 Å². The van der Waals surface area contributed by atoms with Gasteiger partial charge in [-0.15, -0.1) is 0 Å². The number of benzene rings is 1. The molecule has 1 saturated heterocycles. The lowest BCUT2D eigenvalue weighted by atomic mass is 10.0. The first-order chi connectivity index (χ1) is 13.0. The quantitative estimate of drug-likeness (QED) is 0.416. The van der Waals surface area contributed by atoms with Crippen LogP contribution >= 0.6 is 0 Å². The van der Waals surface area contributed by atoms with Gasteiger partial charge in [0, 0.05) is 38.8 Å². The Morgan fingerprint density at radius 3 is 2.67 bits per heavy atom. The fourth-order valence-electron chi connectivity index (χ4n) is 3.19. The molecule has 0 bridgehead atoms. The summed E-state index contributed by atoms with van der Waals surface area (Å²) in [6.07, 6.45) is 2.24. The number of ether oxygens (including phenoxy) is 2. The molecule has 6 nitrogen and oxygen atoms in total. The van der Waals surface area contributed by atoms with Crippen molar-refractivity contribution in [2.45, 2.75) is 38.8 Å². The fraction of sp³-hybridized carbons (Fsp3) is 0.571. The molecule has 1 aromatic carbocycles. The molecule has 2 rings (SSSR count). The van der Waals surface area contributed by atoms with Gasteiger partial charge in [-0.1, -0.05) is 18.2 Å². The van der Waals surface area contributed by atoms with Crippen molar-refractivity contribution in [3.8, 4) is 11.5 Å². The fourth-order valence-corrected chi connectivity index (χ4v) is 3.19. The number of nitrogens with zero attached hydrogens (tertiary/aromatic N) is 2. The van der Waals surface area contributed by atoms with Gasteiger partial charge in [0.05, 0.1) is 13.7 Å². The van der Waals surface area contributed by atoms with Crippen LogP contribution in [-0.4, -0.2) is 63.3 Å². The maximum Gasteiger partial charge on any atom is 0.191 e. The third-order valence-corrected chi connectivity index (χ3v) is 4.58. The van der Waals surface area contributed by atoms with Gasteiger partial charge in [-0.05, 0) is 38.8 Å². The Labute approximate surface area is 163 Å². The summed E-state index contributed by atoms with van der Waals surface area (Å²) in [5, 5.41) is 6.89. The Bertz CT molecular complexity index is 624. The molecule has 0 aliphatic carbocycles. The Morgan fingerprint density at radius 1 is 1.33 bits per heavy atom. The second kappa shape index (κ2) is 10.8. The van der Waals surface area contributed by atoms with Crippen LogP contribution in [0.2, 0.25) is 0 Å². The van der Waals surface area contributed by atoms with Crippen LogP contribution in [0.1, 0.15) is 26.7 Å². The molecule has 1 aromatic rings. The van der Waals surface area contributed by atoms with E-state index in [1.807, 2.05) is 31.2 Å². The predicted molar refractivity (Wildman–Crippen MR) is 112 cm³/mol. The van der Waals surface area contributed by atoms with Gasteiger partial charge in [0.2, 0.25) is 0 Å². The summed E-state index contributed by atoms with van der Waals surface area (Å²) in [5.41, 5.74) is 1.23. The smallest absolute Gasteiger partial charge is 0.191 e. The molecular weight excluding hydrogens is 340 g/mol. The van der Waals surface area contributed by atoms with E-state index in [1.165, 1.54) is 5.57 Å². The normalized spacial score (nSPS) is 17.3. The summed E-state index contributed by atoms with van der Waals surface area (Å²) in [4.78, 5) is 6.81. The molecule has 0 aromatic heterocycles. The van der Waals surface area contributed by atoms with Gasteiger partial charge >= 0.3 is 0 Å². The zero-order valence-corrected chi connectivity index (χ0v) is 17.1. The first-order valence-corrected chi connectivity index (χ1v) is 9.64. The largest absolute Gasteiger partial charge is 0.497 e. The van der Waals surface area contributed by atoms with Crippen LogP contribution in [0.5, 0.6) is 11.5 Å². The van der Waals surface area contributed by atoms with Crippen LogP contribution in [0.3, 0.4) is 0 Å². The molecule has 1 fully saturated rings. The van der Waals surface area contributed by atoms with E-state index >= 15 is 0 Å². The summed E-state index contributed by atoms with van der Waals surface area (Å²) in [6, 6.07) is 8.11. The Balaban J connectivity index is 1.73. The summed E-state index contributed by atoms with van der Waals surface area (Å²) >= 11 is 0. The SMILES string of the molecule is C=C(C)CN1CCC(NC(=NC)NCC(C)Oc2cccc(OC)c2)CC1. The van der Waals surface area contributed by atoms with Gasteiger partial charge in [0.1, 0.15) is 17.6 Å². The first kappa shape index (κ1) is 21.1. The van der Waals surface area contributed by atoms with Gasteiger partial charge in [-0.2, -0.15) is 0 Å². The van der Waals surface area contributed by atoms with Crippen molar-refractivity contribution in [1.82, 2.24) is 15.5 Å². The molecule has 150 valence electrons. The van der Waals surface area contributed by atoms with E-state index in [4.69, 9.17) is 9.47 Å². The number of likely N-dealkylation sites (tertiary alicyclic amines) is 1. The van der Waals surface area contributed by atoms with Gasteiger partial charge in [-0.25, -0.2) is 0 Å². The van der Waals surface area contributed by atoms with Crippen molar-refractivity contribution in [2.75, 3.05) is 40.3 Å². The van der Waals surface area contributed by atoms with Crippen LogP contribution in [0, 0.1) is 0 Å². The Hall–Kier alpha value is -2.21. The molecule has 1 atom stereocenters. The summed E-state index contributed by atoms with van der Waals surface area (Å²) in [7, 11) is 3.46. The van der Waals surface area contributed by atoms with Crippen LogP contribution in [0.25, 0.3) is 0 Å². The molecular formula is C21H34N4O2. The third kappa shape index (κ3) is 7.51. The van der Waals surface area contributed by atoms with Crippen molar-refractivity contribution >= 4 is 5.96 Å². The van der Waals surface area contributed by atoms with E-state index in [-0.39, 0.29) is 6.10 Å². The van der Waals surface area contributed by atoms with Gasteiger partial charge < -0.3 is 20.1 Å². The minimum atomic E-state index is 0.00747. The zero-order chi connectivity index (χ0) is 19.6. The van der Waals surface area contributed by atoms with Crippen LogP contribution < -0.4 is 20.1 Å². The lowest BCUT2D eigenvalue weighted by Gasteiger charge is -2.33. The van der Waals surface area contributed by atoms with E-state index in [9.17, 15) is 0 Å². The second-order valence-corrected chi connectivity index (χ2v) is 7.21. The first-order valence-electron chi connectivity index (χ1n) is 9.64. The van der Waals surface area contributed by atoms with Crippen LogP contribution in [-0.2, 0) is 0 Å². The predicted octanol–water partition coefficient (Wildman–Crippen LogP) is 2.67. The van der Waals surface area contributed by atoms with E-state index in [0.717, 1.165) is 49.9 Å². The van der Waals surface area contributed by atoms with E-state index < -0.39 is 0 Å². The highest BCUT2D eigenvalue weighted by Crippen LogP contribution is 2.19. The number of nitrogens with one attached hydrogen (secondary N) is 2. The Kier molecular flexibility index (Phi) is 8.45. The highest BCUT2D eigenvalue weighted by molar-refractivity contribution is 5.80. The summed E-state index contributed by atoms with van der Waals surface area (Å²) in [5.74, 6) is 2.43. The number of rotatable bonds is 8. The number of aliphatic imine (C=N–C) groups is 1. The topological polar surface area (TPSA) is 58.1 Å². The number of methoxy groups -OCH3 is 1. The molecule has 2 N–H and O–H groups in total. The molecule has 0 saturated carbocycles. The lowest BCUT2D eigenvalue weighted by Crippen LogP contribution is -2.50. The zero-order valence-electron chi connectivity index (χ0n) is 17.1. The van der Waals surface area contributed by atoms with Crippen LogP contribution in [0.15, 0.2) is 41.4 Å². The average molecular weight is 375 g/mol. The standard InChI is InChI=1S/C21H34N4O2/c1-16(2)15-25-11-9-18(10-12-25)24-21(22-4)23-14-17(3)27-20-8-6-7-19(13-20)26-5/h6-8,13,17-18H,1,9-12,14-15H2,2-5H3,(H2,22,23,24). The van der Waals surface area contributed by atoms with E-state index in [2.05, 4.69) is 34.0 Å². The molecule has 27 heavy (non-hydrogen) atoms. The van der Waals surface area contributed by atoms with Crippen molar-refractivity contribution in [1.29, 1.82) is 0 Å². The number of piperidine rings is 1. The van der Waals surface area contributed by atoms with E-state index in [0.29, 0.717) is 12.6 Å². The number of guanidine groups is 1. The maximum absolute atomic E-state index is 5.95. The van der Waals surface area contributed by atoms with Gasteiger partial charge in [0.15, 0.2) is 5.96 Å². The highest BCUT2D eigenvalue weighted by Gasteiger charge is 2.20. The molecule has 0 amide bonds. The van der Waals surface area contributed by atoms with Crippen molar-refractivity contribution in [3.63, 3.8) is 0 Å². The number of hydrogen-bond donors (Lipinski definition) is 2. The highest BCUT2D eigenvalue weighted by atomic mass is 16.5. The molecule has 0 radical (unpaired) electrons. The minimum absolute atomic E-state index is 0.00747. The molecule has 0 spiro atoms. The summed E-state index contributed by atoms with van der Waals surface area (Å²) in [6.45, 7) is 12.0.